The first-order valence-corrected chi connectivity index (χ1v) is 6.92. The molecule has 0 radical (unpaired) electrons. The molecule has 1 atom stereocenters. The smallest absolute Gasteiger partial charge is 0.338 e. The Hall–Kier alpha value is -2.32. The molecule has 21 heavy (non-hydrogen) atoms. The Kier molecular flexibility index (Phi) is 5.94. The lowest BCUT2D eigenvalue weighted by Gasteiger charge is -2.19. The summed E-state index contributed by atoms with van der Waals surface area (Å²) in [6.45, 7) is 1.76. The molecule has 2 rings (SSSR count). The van der Waals surface area contributed by atoms with Gasteiger partial charge in [-0.25, -0.2) is 14.7 Å². The largest absolute Gasteiger partial charge is 0.352 e. The van der Waals surface area contributed by atoms with Gasteiger partial charge in [-0.15, -0.1) is 11.3 Å². The standard InChI is InChI=1S/C12H14N2O2S.CH4N2O/c1-8(14(16)12(13)15)6-10-7-9-4-2-3-5-11(9)17-10;2-1(3)4/h2-5,7-8,16H,6H2,1H3,(H2,13,15);(H4,2,3,4). The van der Waals surface area contributed by atoms with Crippen molar-refractivity contribution in [2.24, 2.45) is 17.2 Å². The first kappa shape index (κ1) is 16.7. The van der Waals surface area contributed by atoms with Gasteiger partial charge in [0.2, 0.25) is 0 Å². The average Bonchev–Trinajstić information content (AvgIpc) is 2.78. The van der Waals surface area contributed by atoms with Crippen molar-refractivity contribution in [2.75, 3.05) is 0 Å². The van der Waals surface area contributed by atoms with Gasteiger partial charge in [-0.3, -0.25) is 5.21 Å². The molecule has 1 heterocycles. The van der Waals surface area contributed by atoms with Gasteiger partial charge >= 0.3 is 12.1 Å². The van der Waals surface area contributed by atoms with Crippen molar-refractivity contribution in [1.29, 1.82) is 0 Å². The summed E-state index contributed by atoms with van der Waals surface area (Å²) in [5.41, 5.74) is 13.5. The van der Waals surface area contributed by atoms with Crippen LogP contribution in [-0.4, -0.2) is 28.4 Å². The van der Waals surface area contributed by atoms with Crippen LogP contribution in [0, 0.1) is 0 Å². The number of thiophene rings is 1. The van der Waals surface area contributed by atoms with E-state index in [2.05, 4.69) is 23.6 Å². The number of benzene rings is 1. The van der Waals surface area contributed by atoms with E-state index in [4.69, 9.17) is 10.5 Å². The Morgan fingerprint density at radius 3 is 2.38 bits per heavy atom. The summed E-state index contributed by atoms with van der Waals surface area (Å²) in [7, 11) is 0. The van der Waals surface area contributed by atoms with Crippen LogP contribution in [0.1, 0.15) is 11.8 Å². The molecule has 114 valence electrons. The minimum absolute atomic E-state index is 0.319. The van der Waals surface area contributed by atoms with Crippen LogP contribution in [0.4, 0.5) is 9.59 Å². The predicted octanol–water partition coefficient (Wildman–Crippen LogP) is 1.63. The van der Waals surface area contributed by atoms with E-state index in [9.17, 15) is 10.0 Å². The number of rotatable bonds is 3. The lowest BCUT2D eigenvalue weighted by atomic mass is 10.2. The lowest BCUT2D eigenvalue weighted by molar-refractivity contribution is -0.0690. The van der Waals surface area contributed by atoms with Crippen molar-refractivity contribution in [2.45, 2.75) is 19.4 Å². The van der Waals surface area contributed by atoms with Crippen LogP contribution in [0.15, 0.2) is 30.3 Å². The second-order valence-electron chi connectivity index (χ2n) is 4.39. The quantitative estimate of drug-likeness (QED) is 0.506. The van der Waals surface area contributed by atoms with Gasteiger partial charge in [-0.05, 0) is 24.4 Å². The maximum atomic E-state index is 10.8. The van der Waals surface area contributed by atoms with E-state index in [1.54, 1.807) is 18.3 Å². The number of carbonyl (C=O) groups is 2. The zero-order chi connectivity index (χ0) is 16.0. The average molecular weight is 310 g/mol. The molecular formula is C13H18N4O3S. The fraction of sp³-hybridized carbons (Fsp3) is 0.231. The Labute approximate surface area is 125 Å². The molecule has 0 spiro atoms. The van der Waals surface area contributed by atoms with Gasteiger partial charge < -0.3 is 17.2 Å². The molecule has 0 aliphatic heterocycles. The van der Waals surface area contributed by atoms with Crippen LogP contribution in [0.2, 0.25) is 0 Å². The van der Waals surface area contributed by atoms with E-state index < -0.39 is 12.1 Å². The van der Waals surface area contributed by atoms with E-state index in [0.717, 1.165) is 4.88 Å². The third kappa shape index (κ3) is 5.28. The number of primary amides is 3. The fourth-order valence-corrected chi connectivity index (χ4v) is 2.92. The number of carbonyl (C=O) groups excluding carboxylic acids is 2. The van der Waals surface area contributed by atoms with Crippen molar-refractivity contribution in [3.05, 3.63) is 35.2 Å². The Bertz CT molecular complexity index is 592. The Morgan fingerprint density at radius 2 is 1.86 bits per heavy atom. The number of nitrogens with zero attached hydrogens (tertiary/aromatic N) is 1. The normalized spacial score (nSPS) is 11.3. The van der Waals surface area contributed by atoms with Gasteiger partial charge in [0.15, 0.2) is 0 Å². The summed E-state index contributed by atoms with van der Waals surface area (Å²) in [4.78, 5) is 20.9. The van der Waals surface area contributed by atoms with E-state index in [0.29, 0.717) is 11.5 Å². The van der Waals surface area contributed by atoms with Crippen molar-refractivity contribution in [3.63, 3.8) is 0 Å². The van der Waals surface area contributed by atoms with Gasteiger partial charge in [-0.2, -0.15) is 0 Å². The third-order valence-corrected chi connectivity index (χ3v) is 3.75. The molecular weight excluding hydrogens is 292 g/mol. The zero-order valence-electron chi connectivity index (χ0n) is 11.5. The highest BCUT2D eigenvalue weighted by Crippen LogP contribution is 2.26. The van der Waals surface area contributed by atoms with E-state index in [1.807, 2.05) is 18.2 Å². The highest BCUT2D eigenvalue weighted by Gasteiger charge is 2.16. The molecule has 0 bridgehead atoms. The van der Waals surface area contributed by atoms with Crippen LogP contribution < -0.4 is 17.2 Å². The van der Waals surface area contributed by atoms with E-state index in [-0.39, 0.29) is 6.04 Å². The molecule has 1 aromatic carbocycles. The molecule has 1 aromatic heterocycles. The number of hydrogen-bond acceptors (Lipinski definition) is 4. The molecule has 7 nitrogen and oxygen atoms in total. The van der Waals surface area contributed by atoms with Crippen molar-refractivity contribution in [3.8, 4) is 0 Å². The maximum absolute atomic E-state index is 10.8. The molecule has 0 fully saturated rings. The molecule has 8 heteroatoms. The first-order valence-electron chi connectivity index (χ1n) is 6.11. The fourth-order valence-electron chi connectivity index (χ4n) is 1.73. The predicted molar refractivity (Wildman–Crippen MR) is 82.0 cm³/mol. The zero-order valence-corrected chi connectivity index (χ0v) is 12.3. The Morgan fingerprint density at radius 1 is 1.29 bits per heavy atom. The van der Waals surface area contributed by atoms with Crippen LogP contribution in [0.25, 0.3) is 10.1 Å². The van der Waals surface area contributed by atoms with Crippen LogP contribution in [-0.2, 0) is 6.42 Å². The van der Waals surface area contributed by atoms with Gasteiger partial charge in [0, 0.05) is 16.0 Å². The van der Waals surface area contributed by atoms with Crippen molar-refractivity contribution >= 4 is 33.5 Å². The summed E-state index contributed by atoms with van der Waals surface area (Å²) >= 11 is 1.66. The van der Waals surface area contributed by atoms with Crippen molar-refractivity contribution in [1.82, 2.24) is 5.06 Å². The van der Waals surface area contributed by atoms with Gasteiger partial charge in [0.1, 0.15) is 0 Å². The molecule has 0 aliphatic carbocycles. The summed E-state index contributed by atoms with van der Waals surface area (Å²) in [6.07, 6.45) is 0.596. The topological polar surface area (TPSA) is 136 Å². The molecule has 7 N–H and O–H groups in total. The van der Waals surface area contributed by atoms with Crippen LogP contribution >= 0.6 is 11.3 Å². The lowest BCUT2D eigenvalue weighted by Crippen LogP contribution is -2.40. The minimum atomic E-state index is -0.833. The molecule has 4 amide bonds. The summed E-state index contributed by atoms with van der Waals surface area (Å²) in [5, 5.41) is 11.2. The maximum Gasteiger partial charge on any atom is 0.338 e. The molecule has 2 aromatic rings. The number of hydroxylamine groups is 2. The highest BCUT2D eigenvalue weighted by atomic mass is 32.1. The van der Waals surface area contributed by atoms with E-state index in [1.165, 1.54) is 10.1 Å². The van der Waals surface area contributed by atoms with Gasteiger partial charge in [0.05, 0.1) is 6.04 Å². The van der Waals surface area contributed by atoms with Gasteiger partial charge in [-0.1, -0.05) is 18.2 Å². The number of nitrogens with two attached hydrogens (primary N) is 3. The second-order valence-corrected chi connectivity index (χ2v) is 5.56. The van der Waals surface area contributed by atoms with E-state index >= 15 is 0 Å². The Balaban J connectivity index is 0.000000491. The minimum Gasteiger partial charge on any atom is -0.352 e. The summed E-state index contributed by atoms with van der Waals surface area (Å²) < 4.78 is 1.21. The first-order chi connectivity index (χ1) is 9.81. The molecule has 0 saturated heterocycles. The monoisotopic (exact) mass is 310 g/mol. The van der Waals surface area contributed by atoms with Crippen LogP contribution in [0.5, 0.6) is 0 Å². The number of fused-ring (bicyclic) bond motifs is 1. The molecule has 0 saturated carbocycles. The number of hydrogen-bond donors (Lipinski definition) is 4. The number of urea groups is 2. The second kappa shape index (κ2) is 7.46. The van der Waals surface area contributed by atoms with Crippen LogP contribution in [0.3, 0.4) is 0 Å². The number of amides is 4. The molecule has 1 unspecified atom stereocenters. The summed E-state index contributed by atoms with van der Waals surface area (Å²) in [6, 6.07) is 8.19. The SMILES string of the molecule is CC(Cc1cc2ccccc2s1)N(O)C(N)=O.NC(N)=O. The van der Waals surface area contributed by atoms with Crippen molar-refractivity contribution < 1.29 is 14.8 Å². The molecule has 0 aliphatic rings. The van der Waals surface area contributed by atoms with Gasteiger partial charge in [0.25, 0.3) is 0 Å². The summed E-state index contributed by atoms with van der Waals surface area (Å²) in [5.74, 6) is 0. The highest BCUT2D eigenvalue weighted by molar-refractivity contribution is 7.19. The third-order valence-electron chi connectivity index (χ3n) is 2.62.